The third-order valence-electron chi connectivity index (χ3n) is 3.05. The lowest BCUT2D eigenvalue weighted by molar-refractivity contribution is 0.496. The van der Waals surface area contributed by atoms with E-state index in [2.05, 4.69) is 11.6 Å². The van der Waals surface area contributed by atoms with Gasteiger partial charge in [0, 0.05) is 6.20 Å². The SMILES string of the molecule is C=CC[C@H](CC(C)(C)S(N)=O)c1ccnc(Cl)c1F. The lowest BCUT2D eigenvalue weighted by atomic mass is 9.87. The van der Waals surface area contributed by atoms with Gasteiger partial charge in [0.25, 0.3) is 0 Å². The number of nitrogens with two attached hydrogens (primary N) is 1. The maximum atomic E-state index is 14.0. The van der Waals surface area contributed by atoms with Crippen molar-refractivity contribution in [1.82, 2.24) is 4.98 Å². The van der Waals surface area contributed by atoms with Crippen molar-refractivity contribution in [2.75, 3.05) is 0 Å². The summed E-state index contributed by atoms with van der Waals surface area (Å²) in [5, 5.41) is 5.32. The highest BCUT2D eigenvalue weighted by atomic mass is 35.5. The molecule has 0 aliphatic carbocycles. The van der Waals surface area contributed by atoms with Crippen molar-refractivity contribution in [3.8, 4) is 0 Å². The van der Waals surface area contributed by atoms with Crippen LogP contribution in [0, 0.1) is 5.82 Å². The minimum absolute atomic E-state index is 0.154. The summed E-state index contributed by atoms with van der Waals surface area (Å²) < 4.78 is 24.9. The van der Waals surface area contributed by atoms with Gasteiger partial charge in [0.1, 0.15) is 0 Å². The van der Waals surface area contributed by atoms with Gasteiger partial charge in [-0.25, -0.2) is 13.6 Å². The Bertz CT molecular complexity index is 494. The molecule has 0 aliphatic rings. The molecule has 1 heterocycles. The lowest BCUT2D eigenvalue weighted by Crippen LogP contribution is -2.33. The summed E-state index contributed by atoms with van der Waals surface area (Å²) in [6.07, 6.45) is 4.19. The van der Waals surface area contributed by atoms with Crippen LogP contribution < -0.4 is 5.14 Å². The van der Waals surface area contributed by atoms with Gasteiger partial charge in [-0.3, -0.25) is 5.14 Å². The Kier molecular flexibility index (Phi) is 5.64. The topological polar surface area (TPSA) is 56.0 Å². The zero-order valence-electron chi connectivity index (χ0n) is 11.0. The lowest BCUT2D eigenvalue weighted by Gasteiger charge is -2.27. The van der Waals surface area contributed by atoms with Crippen molar-refractivity contribution < 1.29 is 8.60 Å². The second-order valence-corrected chi connectivity index (χ2v) is 7.05. The first-order valence-electron chi connectivity index (χ1n) is 5.86. The summed E-state index contributed by atoms with van der Waals surface area (Å²) in [5.74, 6) is -0.713. The van der Waals surface area contributed by atoms with Gasteiger partial charge < -0.3 is 0 Å². The molecule has 0 spiro atoms. The number of hydrogen-bond acceptors (Lipinski definition) is 2. The smallest absolute Gasteiger partial charge is 0.165 e. The molecule has 2 N–H and O–H groups in total. The molecule has 1 aromatic rings. The number of pyridine rings is 1. The zero-order chi connectivity index (χ0) is 14.6. The molecule has 19 heavy (non-hydrogen) atoms. The van der Waals surface area contributed by atoms with Crippen LogP contribution in [-0.4, -0.2) is 13.9 Å². The van der Waals surface area contributed by atoms with Crippen LogP contribution >= 0.6 is 11.6 Å². The molecule has 0 aromatic carbocycles. The molecular formula is C13H18ClFN2OS. The van der Waals surface area contributed by atoms with Crippen molar-refractivity contribution in [2.45, 2.75) is 37.4 Å². The van der Waals surface area contributed by atoms with E-state index in [-0.39, 0.29) is 11.1 Å². The van der Waals surface area contributed by atoms with E-state index in [0.717, 1.165) is 0 Å². The molecule has 106 valence electrons. The van der Waals surface area contributed by atoms with E-state index in [1.807, 2.05) is 0 Å². The Hall–Kier alpha value is -0.780. The molecule has 0 radical (unpaired) electrons. The van der Waals surface area contributed by atoms with Crippen LogP contribution in [0.5, 0.6) is 0 Å². The van der Waals surface area contributed by atoms with Crippen LogP contribution in [0.1, 0.15) is 38.2 Å². The molecule has 0 saturated carbocycles. The first-order valence-corrected chi connectivity index (χ1v) is 7.45. The standard InChI is InChI=1S/C13H18ClFN2OS/c1-4-5-9(8-13(2,3)19(16)18)10-6-7-17-12(14)11(10)15/h4,6-7,9H,1,5,8,16H2,2-3H3/t9-,19?/m1/s1. The molecule has 0 fully saturated rings. The third kappa shape index (κ3) is 4.09. The van der Waals surface area contributed by atoms with Crippen molar-refractivity contribution in [2.24, 2.45) is 5.14 Å². The van der Waals surface area contributed by atoms with Gasteiger partial charge in [0.15, 0.2) is 11.0 Å². The van der Waals surface area contributed by atoms with Crippen LogP contribution in [0.25, 0.3) is 0 Å². The van der Waals surface area contributed by atoms with Gasteiger partial charge in [0.05, 0.1) is 15.7 Å². The van der Waals surface area contributed by atoms with E-state index in [0.29, 0.717) is 18.4 Å². The molecule has 0 saturated heterocycles. The maximum Gasteiger partial charge on any atom is 0.165 e. The number of nitrogens with zero attached hydrogens (tertiary/aromatic N) is 1. The maximum absolute atomic E-state index is 14.0. The fourth-order valence-corrected chi connectivity index (χ4v) is 2.48. The minimum atomic E-state index is -1.49. The van der Waals surface area contributed by atoms with E-state index in [4.69, 9.17) is 16.7 Å². The highest BCUT2D eigenvalue weighted by Crippen LogP contribution is 2.34. The highest BCUT2D eigenvalue weighted by Gasteiger charge is 2.29. The molecular weight excluding hydrogens is 287 g/mol. The summed E-state index contributed by atoms with van der Waals surface area (Å²) >= 11 is 5.70. The van der Waals surface area contributed by atoms with E-state index in [1.54, 1.807) is 26.0 Å². The van der Waals surface area contributed by atoms with E-state index >= 15 is 0 Å². The predicted molar refractivity (Wildman–Crippen MR) is 77.8 cm³/mol. The molecule has 2 atom stereocenters. The van der Waals surface area contributed by atoms with Crippen LogP contribution in [0.3, 0.4) is 0 Å². The third-order valence-corrected chi connectivity index (χ3v) is 4.57. The van der Waals surface area contributed by atoms with Crippen molar-refractivity contribution in [3.63, 3.8) is 0 Å². The van der Waals surface area contributed by atoms with Crippen LogP contribution in [0.4, 0.5) is 4.39 Å². The summed E-state index contributed by atoms with van der Waals surface area (Å²) in [6, 6.07) is 1.59. The Morgan fingerprint density at radius 3 is 2.84 bits per heavy atom. The molecule has 1 unspecified atom stereocenters. The predicted octanol–water partition coefficient (Wildman–Crippen LogP) is 3.32. The zero-order valence-corrected chi connectivity index (χ0v) is 12.6. The monoisotopic (exact) mass is 304 g/mol. The fraction of sp³-hybridized carbons (Fsp3) is 0.462. The van der Waals surface area contributed by atoms with Gasteiger partial charge in [-0.2, -0.15) is 0 Å². The van der Waals surface area contributed by atoms with Crippen molar-refractivity contribution in [1.29, 1.82) is 0 Å². The summed E-state index contributed by atoms with van der Waals surface area (Å²) in [7, 11) is -1.49. The quantitative estimate of drug-likeness (QED) is 0.647. The van der Waals surface area contributed by atoms with E-state index < -0.39 is 21.5 Å². The van der Waals surface area contributed by atoms with Gasteiger partial charge in [-0.15, -0.1) is 6.58 Å². The fourth-order valence-electron chi connectivity index (χ4n) is 1.94. The Morgan fingerprint density at radius 2 is 2.32 bits per heavy atom. The van der Waals surface area contributed by atoms with Crippen LogP contribution in [0.2, 0.25) is 5.15 Å². The Labute approximate surface area is 120 Å². The Balaban J connectivity index is 3.11. The minimum Gasteiger partial charge on any atom is -0.251 e. The highest BCUT2D eigenvalue weighted by molar-refractivity contribution is 7.84. The number of aromatic nitrogens is 1. The molecule has 1 aromatic heterocycles. The van der Waals surface area contributed by atoms with Crippen molar-refractivity contribution >= 4 is 22.6 Å². The van der Waals surface area contributed by atoms with Crippen LogP contribution in [-0.2, 0) is 11.0 Å². The summed E-state index contributed by atoms with van der Waals surface area (Å²) in [6.45, 7) is 7.26. The Morgan fingerprint density at radius 1 is 1.68 bits per heavy atom. The second kappa shape index (κ2) is 6.59. The molecule has 1 rings (SSSR count). The number of allylic oxidation sites excluding steroid dienone is 1. The molecule has 0 amide bonds. The molecule has 6 heteroatoms. The van der Waals surface area contributed by atoms with Gasteiger partial charge in [-0.05, 0) is 44.2 Å². The average molecular weight is 305 g/mol. The van der Waals surface area contributed by atoms with E-state index in [1.165, 1.54) is 6.20 Å². The molecule has 0 bridgehead atoms. The first kappa shape index (κ1) is 16.3. The van der Waals surface area contributed by atoms with E-state index in [9.17, 15) is 8.60 Å². The summed E-state index contributed by atoms with van der Waals surface area (Å²) in [5.41, 5.74) is 0.457. The van der Waals surface area contributed by atoms with Gasteiger partial charge in [-0.1, -0.05) is 17.7 Å². The molecule has 0 aliphatic heterocycles. The number of rotatable bonds is 6. The van der Waals surface area contributed by atoms with Crippen LogP contribution in [0.15, 0.2) is 24.9 Å². The largest absolute Gasteiger partial charge is 0.251 e. The van der Waals surface area contributed by atoms with Gasteiger partial charge in [0.2, 0.25) is 0 Å². The number of hydrogen-bond donors (Lipinski definition) is 1. The number of halogens is 2. The van der Waals surface area contributed by atoms with Crippen molar-refractivity contribution in [3.05, 3.63) is 41.5 Å². The average Bonchev–Trinajstić information content (AvgIpc) is 2.32. The first-order chi connectivity index (χ1) is 8.79. The van der Waals surface area contributed by atoms with Gasteiger partial charge >= 0.3 is 0 Å². The normalized spacial score (nSPS) is 15.0. The molecule has 3 nitrogen and oxygen atoms in total. The second-order valence-electron chi connectivity index (χ2n) is 4.99. The summed E-state index contributed by atoms with van der Waals surface area (Å²) in [4.78, 5) is 3.69.